The van der Waals surface area contributed by atoms with E-state index in [0.717, 1.165) is 0 Å². The molecular weight excluding hydrogens is 300 g/mol. The normalized spacial score (nSPS) is 9.28. The first-order valence-electron chi connectivity index (χ1n) is 4.96. The zero-order valence-corrected chi connectivity index (χ0v) is 10.9. The fourth-order valence-corrected chi connectivity index (χ4v) is 1.95. The summed E-state index contributed by atoms with van der Waals surface area (Å²) in [6.45, 7) is 0.122. The van der Waals surface area contributed by atoms with E-state index in [1.165, 1.54) is 12.1 Å². The topological polar surface area (TPSA) is 94.0 Å². The van der Waals surface area contributed by atoms with Gasteiger partial charge in [-0.1, -0.05) is 15.9 Å². The first-order chi connectivity index (χ1) is 8.63. The zero-order chi connectivity index (χ0) is 13.5. The summed E-state index contributed by atoms with van der Waals surface area (Å²) in [6.07, 6.45) is 0. The molecule has 0 N–H and O–H groups in total. The van der Waals surface area contributed by atoms with Gasteiger partial charge < -0.3 is 4.90 Å². The van der Waals surface area contributed by atoms with Gasteiger partial charge in [-0.2, -0.15) is 10.5 Å². The number of halogens is 1. The molecule has 0 saturated heterocycles. The van der Waals surface area contributed by atoms with Gasteiger partial charge in [0.1, 0.15) is 13.1 Å². The highest BCUT2D eigenvalue weighted by Gasteiger charge is 2.14. The third-order valence-electron chi connectivity index (χ3n) is 2.28. The minimum Gasteiger partial charge on any atom is -0.345 e. The first kappa shape index (κ1) is 13.9. The number of nitriles is 2. The van der Waals surface area contributed by atoms with Gasteiger partial charge in [0.05, 0.1) is 17.1 Å². The van der Waals surface area contributed by atoms with Crippen molar-refractivity contribution in [3.8, 4) is 12.1 Å². The lowest BCUT2D eigenvalue weighted by Crippen LogP contribution is -2.24. The van der Waals surface area contributed by atoms with Crippen LogP contribution in [0.25, 0.3) is 0 Å². The van der Waals surface area contributed by atoms with Crippen LogP contribution >= 0.6 is 15.9 Å². The maximum absolute atomic E-state index is 10.7. The fraction of sp³-hybridized carbons (Fsp3) is 0.273. The van der Waals surface area contributed by atoms with Crippen molar-refractivity contribution in [1.82, 2.24) is 0 Å². The van der Waals surface area contributed by atoms with E-state index in [2.05, 4.69) is 15.9 Å². The molecular formula is C11H9BrN4O2. The summed E-state index contributed by atoms with van der Waals surface area (Å²) in [6, 6.07) is 8.29. The molecule has 0 aliphatic rings. The molecule has 0 heterocycles. The van der Waals surface area contributed by atoms with Crippen LogP contribution in [0.5, 0.6) is 0 Å². The molecule has 6 nitrogen and oxygen atoms in total. The minimum absolute atomic E-state index is 0.0120. The van der Waals surface area contributed by atoms with E-state index in [4.69, 9.17) is 10.5 Å². The number of nitrogens with zero attached hydrogens (tertiary/aromatic N) is 4. The summed E-state index contributed by atoms with van der Waals surface area (Å²) >= 11 is 3.25. The number of non-ortho nitro benzene ring substituents is 1. The Kier molecular flexibility index (Phi) is 5.09. The van der Waals surface area contributed by atoms with E-state index in [-0.39, 0.29) is 18.8 Å². The average molecular weight is 309 g/mol. The molecule has 1 aromatic rings. The molecule has 1 aromatic carbocycles. The van der Waals surface area contributed by atoms with Gasteiger partial charge in [0.25, 0.3) is 5.69 Å². The van der Waals surface area contributed by atoms with Gasteiger partial charge in [0.15, 0.2) is 0 Å². The Labute approximate surface area is 112 Å². The molecule has 0 aromatic heterocycles. The Balaban J connectivity index is 3.19. The van der Waals surface area contributed by atoms with Crippen LogP contribution in [0.1, 0.15) is 5.56 Å². The molecule has 0 spiro atoms. The van der Waals surface area contributed by atoms with E-state index < -0.39 is 4.92 Å². The van der Waals surface area contributed by atoms with E-state index >= 15 is 0 Å². The first-order valence-corrected chi connectivity index (χ1v) is 6.08. The predicted octanol–water partition coefficient (Wildman–Crippen LogP) is 2.34. The molecule has 0 bridgehead atoms. The quantitative estimate of drug-likeness (QED) is 0.360. The number of nitro groups is 1. The van der Waals surface area contributed by atoms with E-state index in [1.54, 1.807) is 11.0 Å². The molecule has 0 atom stereocenters. The minimum atomic E-state index is -0.477. The summed E-state index contributed by atoms with van der Waals surface area (Å²) in [7, 11) is 0. The van der Waals surface area contributed by atoms with Gasteiger partial charge in [-0.25, -0.2) is 0 Å². The van der Waals surface area contributed by atoms with Crippen molar-refractivity contribution < 1.29 is 4.92 Å². The number of hydrogen-bond donors (Lipinski definition) is 0. The van der Waals surface area contributed by atoms with E-state index in [1.807, 2.05) is 12.1 Å². The number of benzene rings is 1. The second-order valence-electron chi connectivity index (χ2n) is 3.38. The summed E-state index contributed by atoms with van der Waals surface area (Å²) < 4.78 is 0. The predicted molar refractivity (Wildman–Crippen MR) is 69.2 cm³/mol. The summed E-state index contributed by atoms with van der Waals surface area (Å²) in [4.78, 5) is 11.8. The molecule has 1 rings (SSSR count). The number of nitro benzene ring substituents is 1. The van der Waals surface area contributed by atoms with Crippen molar-refractivity contribution in [3.63, 3.8) is 0 Å². The second kappa shape index (κ2) is 6.58. The molecule has 0 aliphatic carbocycles. The Morgan fingerprint density at radius 1 is 1.33 bits per heavy atom. The number of rotatable bonds is 5. The molecule has 0 unspecified atom stereocenters. The summed E-state index contributed by atoms with van der Waals surface area (Å²) in [5.41, 5.74) is 1.32. The molecule has 92 valence electrons. The van der Waals surface area contributed by atoms with E-state index in [0.29, 0.717) is 16.6 Å². The van der Waals surface area contributed by atoms with Gasteiger partial charge in [-0.05, 0) is 11.6 Å². The maximum atomic E-state index is 10.7. The second-order valence-corrected chi connectivity index (χ2v) is 3.94. The number of alkyl halides is 1. The molecule has 0 saturated carbocycles. The van der Waals surface area contributed by atoms with E-state index in [9.17, 15) is 10.1 Å². The standard InChI is InChI=1S/C11H9BrN4O2/c12-8-9-7-10(16(17)18)1-2-11(9)15(5-3-13)6-4-14/h1-2,7H,5-6,8H2. The molecule has 0 amide bonds. The van der Waals surface area contributed by atoms with Crippen molar-refractivity contribution >= 4 is 27.3 Å². The lowest BCUT2D eigenvalue weighted by atomic mass is 10.1. The highest BCUT2D eigenvalue weighted by molar-refractivity contribution is 9.08. The highest BCUT2D eigenvalue weighted by atomic mass is 79.9. The maximum Gasteiger partial charge on any atom is 0.269 e. The van der Waals surface area contributed by atoms with Crippen LogP contribution < -0.4 is 4.90 Å². The van der Waals surface area contributed by atoms with Gasteiger partial charge in [-0.15, -0.1) is 0 Å². The van der Waals surface area contributed by atoms with Crippen LogP contribution in [0.4, 0.5) is 11.4 Å². The van der Waals surface area contributed by atoms with Crippen molar-refractivity contribution in [2.45, 2.75) is 5.33 Å². The van der Waals surface area contributed by atoms with Crippen molar-refractivity contribution in [3.05, 3.63) is 33.9 Å². The van der Waals surface area contributed by atoms with Crippen molar-refractivity contribution in [1.29, 1.82) is 10.5 Å². The zero-order valence-electron chi connectivity index (χ0n) is 9.34. The van der Waals surface area contributed by atoms with Crippen molar-refractivity contribution in [2.75, 3.05) is 18.0 Å². The SMILES string of the molecule is N#CCN(CC#N)c1ccc([N+](=O)[O-])cc1CBr. The lowest BCUT2D eigenvalue weighted by molar-refractivity contribution is -0.384. The summed E-state index contributed by atoms with van der Waals surface area (Å²) in [5, 5.41) is 28.5. The van der Waals surface area contributed by atoms with Crippen LogP contribution in [0.3, 0.4) is 0 Å². The van der Waals surface area contributed by atoms with Crippen molar-refractivity contribution in [2.24, 2.45) is 0 Å². The van der Waals surface area contributed by atoms with Crippen LogP contribution in [-0.4, -0.2) is 18.0 Å². The van der Waals surface area contributed by atoms with Crippen LogP contribution in [0.2, 0.25) is 0 Å². The van der Waals surface area contributed by atoms with Crippen LogP contribution in [0.15, 0.2) is 18.2 Å². The van der Waals surface area contributed by atoms with Crippen LogP contribution in [-0.2, 0) is 5.33 Å². The average Bonchev–Trinajstić information content (AvgIpc) is 2.37. The number of hydrogen-bond acceptors (Lipinski definition) is 5. The fourth-order valence-electron chi connectivity index (χ4n) is 1.50. The molecule has 0 fully saturated rings. The Morgan fingerprint density at radius 2 is 1.94 bits per heavy atom. The molecule has 7 heteroatoms. The third-order valence-corrected chi connectivity index (χ3v) is 2.89. The largest absolute Gasteiger partial charge is 0.345 e. The smallest absolute Gasteiger partial charge is 0.269 e. The van der Waals surface area contributed by atoms with Gasteiger partial charge in [0, 0.05) is 23.2 Å². The highest BCUT2D eigenvalue weighted by Crippen LogP contribution is 2.27. The van der Waals surface area contributed by atoms with Crippen LogP contribution in [0, 0.1) is 32.8 Å². The molecule has 0 aliphatic heterocycles. The van der Waals surface area contributed by atoms with Gasteiger partial charge in [0.2, 0.25) is 0 Å². The molecule has 18 heavy (non-hydrogen) atoms. The number of anilines is 1. The Bertz CT molecular complexity index is 517. The molecule has 0 radical (unpaired) electrons. The Morgan fingerprint density at radius 3 is 2.39 bits per heavy atom. The van der Waals surface area contributed by atoms with Gasteiger partial charge in [-0.3, -0.25) is 10.1 Å². The Hall–Kier alpha value is -2.12. The third kappa shape index (κ3) is 3.19. The summed E-state index contributed by atoms with van der Waals surface area (Å²) in [5.74, 6) is 0. The monoisotopic (exact) mass is 308 g/mol. The lowest BCUT2D eigenvalue weighted by Gasteiger charge is -2.20. The van der Waals surface area contributed by atoms with Gasteiger partial charge >= 0.3 is 0 Å².